The minimum absolute atomic E-state index is 0.253. The van der Waals surface area contributed by atoms with Crippen molar-refractivity contribution in [3.8, 4) is 0 Å². The average Bonchev–Trinajstić information content (AvgIpc) is 2.00. The first-order valence-electron chi connectivity index (χ1n) is 5.12. The van der Waals surface area contributed by atoms with Crippen molar-refractivity contribution in [1.29, 1.82) is 0 Å². The monoisotopic (exact) mass is 254 g/mol. The molecule has 0 heterocycles. The van der Waals surface area contributed by atoms with Gasteiger partial charge in [-0.2, -0.15) is 0 Å². The van der Waals surface area contributed by atoms with Crippen LogP contribution in [0.15, 0.2) is 22.7 Å². The largest absolute Gasteiger partial charge is 0.388 e. The van der Waals surface area contributed by atoms with E-state index in [1.54, 1.807) is 0 Å². The molecule has 14 heavy (non-hydrogen) atoms. The van der Waals surface area contributed by atoms with Gasteiger partial charge in [0.2, 0.25) is 0 Å². The first-order chi connectivity index (χ1) is 6.68. The lowest BCUT2D eigenvalue weighted by molar-refractivity contribution is 0.0616. The Balaban J connectivity index is 2.22. The van der Waals surface area contributed by atoms with Gasteiger partial charge >= 0.3 is 0 Å². The van der Waals surface area contributed by atoms with Gasteiger partial charge in [0, 0.05) is 4.47 Å². The molecule has 2 heteroatoms. The number of aliphatic hydroxyl groups excluding tert-OH is 1. The maximum absolute atomic E-state index is 10.1. The molecule has 1 aliphatic carbocycles. The predicted octanol–water partition coefficient (Wildman–Crippen LogP) is 3.59. The third-order valence-electron chi connectivity index (χ3n) is 3.15. The molecule has 0 saturated heterocycles. The molecule has 1 unspecified atom stereocenters. The zero-order chi connectivity index (χ0) is 10.1. The van der Waals surface area contributed by atoms with Crippen molar-refractivity contribution in [1.82, 2.24) is 0 Å². The first-order valence-corrected chi connectivity index (χ1v) is 5.92. The molecule has 1 N–H and O–H groups in total. The normalized spacial score (nSPS) is 19.1. The summed E-state index contributed by atoms with van der Waals surface area (Å²) in [6.45, 7) is 2.06. The van der Waals surface area contributed by atoms with E-state index in [4.69, 9.17) is 0 Å². The molecule has 0 bridgehead atoms. The summed E-state index contributed by atoms with van der Waals surface area (Å²) in [6.07, 6.45) is 3.38. The van der Waals surface area contributed by atoms with Crippen molar-refractivity contribution in [2.75, 3.05) is 0 Å². The van der Waals surface area contributed by atoms with E-state index in [-0.39, 0.29) is 6.10 Å². The third-order valence-corrected chi connectivity index (χ3v) is 3.64. The van der Waals surface area contributed by atoms with Crippen LogP contribution < -0.4 is 0 Å². The van der Waals surface area contributed by atoms with E-state index in [1.165, 1.54) is 24.8 Å². The second-order valence-corrected chi connectivity index (χ2v) is 5.05. The maximum Gasteiger partial charge on any atom is 0.0820 e. The van der Waals surface area contributed by atoms with E-state index in [2.05, 4.69) is 28.9 Å². The van der Waals surface area contributed by atoms with Gasteiger partial charge in [0.05, 0.1) is 6.10 Å². The van der Waals surface area contributed by atoms with E-state index >= 15 is 0 Å². The molecule has 0 aromatic heterocycles. The van der Waals surface area contributed by atoms with E-state index < -0.39 is 0 Å². The zero-order valence-corrected chi connectivity index (χ0v) is 9.92. The Bertz CT molecular complexity index is 331. The molecule has 0 amide bonds. The fourth-order valence-corrected chi connectivity index (χ4v) is 2.46. The molecular formula is C12H15BrO. The molecule has 2 rings (SSSR count). The van der Waals surface area contributed by atoms with Crippen molar-refractivity contribution >= 4 is 15.9 Å². The molecule has 0 aliphatic heterocycles. The van der Waals surface area contributed by atoms with Crippen molar-refractivity contribution in [3.05, 3.63) is 33.8 Å². The average molecular weight is 255 g/mol. The highest BCUT2D eigenvalue weighted by atomic mass is 79.9. The van der Waals surface area contributed by atoms with Gasteiger partial charge in [0.1, 0.15) is 0 Å². The van der Waals surface area contributed by atoms with E-state index in [0.29, 0.717) is 5.92 Å². The van der Waals surface area contributed by atoms with Crippen LogP contribution in [0.2, 0.25) is 0 Å². The van der Waals surface area contributed by atoms with Crippen molar-refractivity contribution in [3.63, 3.8) is 0 Å². The van der Waals surface area contributed by atoms with Gasteiger partial charge in [-0.15, -0.1) is 0 Å². The fourth-order valence-electron chi connectivity index (χ4n) is 1.98. The fraction of sp³-hybridized carbons (Fsp3) is 0.500. The molecule has 1 fully saturated rings. The Hall–Kier alpha value is -0.340. The summed E-state index contributed by atoms with van der Waals surface area (Å²) in [7, 11) is 0. The van der Waals surface area contributed by atoms with Crippen molar-refractivity contribution in [2.24, 2.45) is 5.92 Å². The minimum atomic E-state index is -0.253. The molecule has 0 radical (unpaired) electrons. The lowest BCUT2D eigenvalue weighted by Gasteiger charge is -2.31. The Morgan fingerprint density at radius 1 is 1.43 bits per heavy atom. The van der Waals surface area contributed by atoms with Crippen LogP contribution in [0, 0.1) is 12.8 Å². The lowest BCUT2D eigenvalue weighted by Crippen LogP contribution is -2.20. The number of aryl methyl sites for hydroxylation is 1. The summed E-state index contributed by atoms with van der Waals surface area (Å²) in [4.78, 5) is 0. The SMILES string of the molecule is Cc1cc(Br)ccc1C(O)C1CCC1. The van der Waals surface area contributed by atoms with E-state index in [0.717, 1.165) is 10.0 Å². The summed E-state index contributed by atoms with van der Waals surface area (Å²) in [5, 5.41) is 10.1. The maximum atomic E-state index is 10.1. The van der Waals surface area contributed by atoms with E-state index in [9.17, 15) is 5.11 Å². The molecule has 0 spiro atoms. The highest BCUT2D eigenvalue weighted by Crippen LogP contribution is 2.38. The Kier molecular flexibility index (Phi) is 2.93. The topological polar surface area (TPSA) is 20.2 Å². The lowest BCUT2D eigenvalue weighted by atomic mass is 9.78. The number of halogens is 1. The van der Waals surface area contributed by atoms with Crippen LogP contribution in [0.25, 0.3) is 0 Å². The zero-order valence-electron chi connectivity index (χ0n) is 8.33. The molecular weight excluding hydrogens is 240 g/mol. The minimum Gasteiger partial charge on any atom is -0.388 e. The Morgan fingerprint density at radius 2 is 2.14 bits per heavy atom. The smallest absolute Gasteiger partial charge is 0.0820 e. The Morgan fingerprint density at radius 3 is 2.64 bits per heavy atom. The number of benzene rings is 1. The molecule has 1 aliphatic rings. The molecule has 1 nitrogen and oxygen atoms in total. The second kappa shape index (κ2) is 4.03. The van der Waals surface area contributed by atoms with Gasteiger partial charge in [-0.1, -0.05) is 28.4 Å². The van der Waals surface area contributed by atoms with Crippen LogP contribution in [0.5, 0.6) is 0 Å². The van der Waals surface area contributed by atoms with Crippen LogP contribution in [0.4, 0.5) is 0 Å². The van der Waals surface area contributed by atoms with Gasteiger partial charge in [-0.05, 0) is 48.9 Å². The number of hydrogen-bond donors (Lipinski definition) is 1. The highest BCUT2D eigenvalue weighted by Gasteiger charge is 2.27. The molecule has 1 saturated carbocycles. The van der Waals surface area contributed by atoms with Crippen LogP contribution in [-0.4, -0.2) is 5.11 Å². The van der Waals surface area contributed by atoms with Crippen LogP contribution in [-0.2, 0) is 0 Å². The predicted molar refractivity (Wildman–Crippen MR) is 61.2 cm³/mol. The highest BCUT2D eigenvalue weighted by molar-refractivity contribution is 9.10. The summed E-state index contributed by atoms with van der Waals surface area (Å²) in [5.74, 6) is 0.495. The second-order valence-electron chi connectivity index (χ2n) is 4.14. The standard InChI is InChI=1S/C12H15BrO/c1-8-7-10(13)5-6-11(8)12(14)9-3-2-4-9/h5-7,9,12,14H,2-4H2,1H3. The summed E-state index contributed by atoms with van der Waals surface area (Å²) >= 11 is 3.43. The van der Waals surface area contributed by atoms with Gasteiger partial charge in [0.15, 0.2) is 0 Å². The summed E-state index contributed by atoms with van der Waals surface area (Å²) < 4.78 is 1.08. The number of rotatable bonds is 2. The van der Waals surface area contributed by atoms with Gasteiger partial charge in [0.25, 0.3) is 0 Å². The molecule has 1 aromatic carbocycles. The van der Waals surface area contributed by atoms with Gasteiger partial charge in [-0.25, -0.2) is 0 Å². The summed E-state index contributed by atoms with van der Waals surface area (Å²) in [6, 6.07) is 6.10. The van der Waals surface area contributed by atoms with Gasteiger partial charge < -0.3 is 5.11 Å². The van der Waals surface area contributed by atoms with Crippen LogP contribution >= 0.6 is 15.9 Å². The van der Waals surface area contributed by atoms with Crippen LogP contribution in [0.1, 0.15) is 36.5 Å². The van der Waals surface area contributed by atoms with Crippen LogP contribution in [0.3, 0.4) is 0 Å². The molecule has 1 atom stereocenters. The quantitative estimate of drug-likeness (QED) is 0.856. The number of hydrogen-bond acceptors (Lipinski definition) is 1. The first kappa shape index (κ1) is 10.2. The third kappa shape index (κ3) is 1.86. The number of aliphatic hydroxyl groups is 1. The molecule has 76 valence electrons. The van der Waals surface area contributed by atoms with Crippen molar-refractivity contribution in [2.45, 2.75) is 32.3 Å². The molecule has 1 aromatic rings. The summed E-state index contributed by atoms with van der Waals surface area (Å²) in [5.41, 5.74) is 2.27. The Labute approximate surface area is 93.3 Å². The van der Waals surface area contributed by atoms with Crippen molar-refractivity contribution < 1.29 is 5.11 Å². The van der Waals surface area contributed by atoms with E-state index in [1.807, 2.05) is 12.1 Å². The van der Waals surface area contributed by atoms with Gasteiger partial charge in [-0.3, -0.25) is 0 Å².